The van der Waals surface area contributed by atoms with E-state index in [1.165, 1.54) is 9.75 Å². The Kier molecular flexibility index (Phi) is 4.76. The molecule has 0 spiro atoms. The number of fused-ring (bicyclic) bond motifs is 1. The summed E-state index contributed by atoms with van der Waals surface area (Å²) in [7, 11) is 1.68. The summed E-state index contributed by atoms with van der Waals surface area (Å²) < 4.78 is 5.72. The van der Waals surface area contributed by atoms with Crippen LogP contribution >= 0.6 is 23.6 Å². The van der Waals surface area contributed by atoms with Gasteiger partial charge in [0.15, 0.2) is 4.77 Å². The number of ether oxygens (including phenoxy) is 1. The van der Waals surface area contributed by atoms with E-state index < -0.39 is 0 Å². The molecule has 0 bridgehead atoms. The lowest BCUT2D eigenvalue weighted by Gasteiger charge is -2.27. The fourth-order valence-corrected chi connectivity index (χ4v) is 4.52. The van der Waals surface area contributed by atoms with Gasteiger partial charge in [0.25, 0.3) is 5.56 Å². The number of hydrogen-bond acceptors (Lipinski definition) is 5. The van der Waals surface area contributed by atoms with E-state index in [2.05, 4.69) is 39.1 Å². The molecule has 0 fully saturated rings. The number of thiophene rings is 1. The van der Waals surface area contributed by atoms with E-state index in [0.717, 1.165) is 42.1 Å². The molecule has 0 saturated heterocycles. The van der Waals surface area contributed by atoms with Gasteiger partial charge >= 0.3 is 0 Å². The van der Waals surface area contributed by atoms with Crippen LogP contribution in [0.5, 0.6) is 5.75 Å². The van der Waals surface area contributed by atoms with Crippen molar-refractivity contribution in [1.82, 2.24) is 14.9 Å². The van der Waals surface area contributed by atoms with E-state index >= 15 is 0 Å². The molecule has 3 heterocycles. The molecule has 1 aromatic carbocycles. The van der Waals surface area contributed by atoms with Gasteiger partial charge in [-0.15, -0.1) is 11.3 Å². The molecule has 0 amide bonds. The zero-order valence-electron chi connectivity index (χ0n) is 14.4. The number of rotatable bonds is 4. The van der Waals surface area contributed by atoms with Crippen LogP contribution in [0.1, 0.15) is 16.1 Å². The number of nitrogens with zero attached hydrogens (tertiary/aromatic N) is 1. The van der Waals surface area contributed by atoms with Crippen molar-refractivity contribution >= 4 is 23.6 Å². The second kappa shape index (κ2) is 7.19. The summed E-state index contributed by atoms with van der Waals surface area (Å²) in [5.41, 5.74) is 2.86. The van der Waals surface area contributed by atoms with Crippen LogP contribution in [0.3, 0.4) is 0 Å². The van der Waals surface area contributed by atoms with Crippen LogP contribution in [0.25, 0.3) is 10.4 Å². The first kappa shape index (κ1) is 17.2. The molecule has 134 valence electrons. The summed E-state index contributed by atoms with van der Waals surface area (Å²) in [5.74, 6) is 0.863. The molecule has 1 aliphatic rings. The summed E-state index contributed by atoms with van der Waals surface area (Å²) in [6.45, 7) is 2.39. The molecular formula is C19H19N3O2S2. The topological polar surface area (TPSA) is 61.1 Å². The molecule has 26 heavy (non-hydrogen) atoms. The van der Waals surface area contributed by atoms with Crippen LogP contribution in [0.2, 0.25) is 0 Å². The Balaban J connectivity index is 1.51. The van der Waals surface area contributed by atoms with Crippen LogP contribution in [0.4, 0.5) is 0 Å². The van der Waals surface area contributed by atoms with Crippen molar-refractivity contribution in [1.29, 1.82) is 0 Å². The third-order valence-electron chi connectivity index (χ3n) is 4.58. The Labute approximate surface area is 160 Å². The molecule has 2 N–H and O–H groups in total. The molecule has 3 aromatic rings. The number of aromatic nitrogens is 2. The predicted molar refractivity (Wildman–Crippen MR) is 106 cm³/mol. The summed E-state index contributed by atoms with van der Waals surface area (Å²) in [6, 6.07) is 12.4. The highest BCUT2D eigenvalue weighted by atomic mass is 32.1. The lowest BCUT2D eigenvalue weighted by Crippen LogP contribution is -2.35. The maximum Gasteiger partial charge on any atom is 0.256 e. The predicted octanol–water partition coefficient (Wildman–Crippen LogP) is 3.73. The van der Waals surface area contributed by atoms with Gasteiger partial charge in [-0.1, -0.05) is 12.1 Å². The van der Waals surface area contributed by atoms with Gasteiger partial charge in [-0.2, -0.15) is 0 Å². The first-order chi connectivity index (χ1) is 12.6. The average molecular weight is 386 g/mol. The van der Waals surface area contributed by atoms with E-state index in [1.807, 2.05) is 12.1 Å². The van der Waals surface area contributed by atoms with Gasteiger partial charge in [0.05, 0.1) is 12.7 Å². The molecular weight excluding hydrogens is 366 g/mol. The summed E-state index contributed by atoms with van der Waals surface area (Å²) in [5, 5.41) is 0. The van der Waals surface area contributed by atoms with Crippen molar-refractivity contribution in [3.63, 3.8) is 0 Å². The summed E-state index contributed by atoms with van der Waals surface area (Å²) >= 11 is 6.83. The normalized spacial score (nSPS) is 14.2. The second-order valence-electron chi connectivity index (χ2n) is 6.32. The Bertz CT molecular complexity index is 1050. The fraction of sp³-hybridized carbons (Fsp3) is 0.263. The van der Waals surface area contributed by atoms with Gasteiger partial charge in [-0.3, -0.25) is 14.7 Å². The Hall–Kier alpha value is -2.22. The quantitative estimate of drug-likeness (QED) is 0.672. The van der Waals surface area contributed by atoms with E-state index in [1.54, 1.807) is 18.4 Å². The van der Waals surface area contributed by atoms with Gasteiger partial charge in [-0.25, -0.2) is 0 Å². The average Bonchev–Trinajstić information content (AvgIpc) is 3.11. The number of methoxy groups -OCH3 is 1. The SMILES string of the molecule is COc1cccc(-c2ccc(CN3CCc4[nH]c(=S)[nH]c(=O)c4C3)s2)c1. The maximum atomic E-state index is 12.2. The second-order valence-corrected chi connectivity index (χ2v) is 7.90. The molecule has 1 aliphatic heterocycles. The molecule has 0 aliphatic carbocycles. The standard InChI is InChI=1S/C19H19N3O2S2/c1-24-13-4-2-3-12(9-13)17-6-5-14(26-17)10-22-8-7-16-15(11-22)18(23)21-19(25)20-16/h2-6,9H,7-8,10-11H2,1H3,(H2,20,21,23,25). The number of H-pyrrole nitrogens is 2. The minimum Gasteiger partial charge on any atom is -0.497 e. The van der Waals surface area contributed by atoms with Crippen molar-refractivity contribution < 1.29 is 4.74 Å². The monoisotopic (exact) mass is 385 g/mol. The number of hydrogen-bond donors (Lipinski definition) is 2. The van der Waals surface area contributed by atoms with Crippen LogP contribution < -0.4 is 10.3 Å². The zero-order valence-corrected chi connectivity index (χ0v) is 16.0. The number of benzene rings is 1. The summed E-state index contributed by atoms with van der Waals surface area (Å²) in [4.78, 5) is 22.8. The van der Waals surface area contributed by atoms with Crippen molar-refractivity contribution in [3.05, 3.63) is 67.7 Å². The highest BCUT2D eigenvalue weighted by Crippen LogP contribution is 2.31. The van der Waals surface area contributed by atoms with E-state index in [9.17, 15) is 4.79 Å². The molecule has 0 radical (unpaired) electrons. The molecule has 0 atom stereocenters. The molecule has 2 aromatic heterocycles. The number of aromatic amines is 2. The molecule has 5 nitrogen and oxygen atoms in total. The largest absolute Gasteiger partial charge is 0.497 e. The summed E-state index contributed by atoms with van der Waals surface area (Å²) in [6.07, 6.45) is 0.816. The van der Waals surface area contributed by atoms with Gasteiger partial charge in [-0.05, 0) is 42.0 Å². The van der Waals surface area contributed by atoms with Crippen molar-refractivity contribution in [3.8, 4) is 16.2 Å². The highest BCUT2D eigenvalue weighted by Gasteiger charge is 2.20. The van der Waals surface area contributed by atoms with E-state index in [-0.39, 0.29) is 5.56 Å². The first-order valence-electron chi connectivity index (χ1n) is 8.42. The lowest BCUT2D eigenvalue weighted by atomic mass is 10.1. The highest BCUT2D eigenvalue weighted by molar-refractivity contribution is 7.71. The van der Waals surface area contributed by atoms with Crippen molar-refractivity contribution in [2.45, 2.75) is 19.5 Å². The van der Waals surface area contributed by atoms with Gasteiger partial charge in [0.2, 0.25) is 0 Å². The molecule has 0 unspecified atom stereocenters. The van der Waals surface area contributed by atoms with E-state index in [0.29, 0.717) is 11.3 Å². The Morgan fingerprint density at radius 3 is 3.00 bits per heavy atom. The fourth-order valence-electron chi connectivity index (χ4n) is 3.26. The Morgan fingerprint density at radius 1 is 1.27 bits per heavy atom. The minimum atomic E-state index is -0.0725. The lowest BCUT2D eigenvalue weighted by molar-refractivity contribution is 0.243. The molecule has 4 rings (SSSR count). The van der Waals surface area contributed by atoms with Crippen LogP contribution in [0, 0.1) is 4.77 Å². The third kappa shape index (κ3) is 3.51. The minimum absolute atomic E-state index is 0.0725. The first-order valence-corrected chi connectivity index (χ1v) is 9.65. The van der Waals surface area contributed by atoms with Crippen LogP contribution in [0.15, 0.2) is 41.2 Å². The van der Waals surface area contributed by atoms with Crippen LogP contribution in [-0.2, 0) is 19.5 Å². The third-order valence-corrected chi connectivity index (χ3v) is 5.91. The van der Waals surface area contributed by atoms with Gasteiger partial charge in [0.1, 0.15) is 5.75 Å². The van der Waals surface area contributed by atoms with Gasteiger partial charge < -0.3 is 9.72 Å². The van der Waals surface area contributed by atoms with Gasteiger partial charge in [0, 0.05) is 41.5 Å². The maximum absolute atomic E-state index is 12.2. The smallest absolute Gasteiger partial charge is 0.256 e. The van der Waals surface area contributed by atoms with Crippen molar-refractivity contribution in [2.24, 2.45) is 0 Å². The Morgan fingerprint density at radius 2 is 2.15 bits per heavy atom. The van der Waals surface area contributed by atoms with Crippen molar-refractivity contribution in [2.75, 3.05) is 13.7 Å². The van der Waals surface area contributed by atoms with E-state index in [4.69, 9.17) is 17.0 Å². The number of nitrogens with one attached hydrogen (secondary N) is 2. The molecule has 0 saturated carbocycles. The zero-order chi connectivity index (χ0) is 18.1. The van der Waals surface area contributed by atoms with Crippen LogP contribution in [-0.4, -0.2) is 28.5 Å². The molecule has 7 heteroatoms.